The molecule has 8 nitrogen and oxygen atoms in total. The van der Waals surface area contributed by atoms with E-state index in [1.54, 1.807) is 6.20 Å². The van der Waals surface area contributed by atoms with Gasteiger partial charge in [0.1, 0.15) is 0 Å². The highest BCUT2D eigenvalue weighted by Crippen LogP contribution is 2.21. The molecule has 0 aliphatic rings. The molecule has 2 heterocycles. The highest BCUT2D eigenvalue weighted by atomic mass is 32.2. The number of nitrogens with zero attached hydrogens (tertiary/aromatic N) is 3. The number of carbonyl (C=O) groups is 1. The number of carbonyl (C=O) groups excluding carboxylic acids is 1. The second kappa shape index (κ2) is 6.49. The van der Waals surface area contributed by atoms with Gasteiger partial charge in [0.15, 0.2) is 0 Å². The number of para-hydroxylation sites is 1. The summed E-state index contributed by atoms with van der Waals surface area (Å²) in [5.74, 6) is -0.282. The van der Waals surface area contributed by atoms with Crippen molar-refractivity contribution in [2.45, 2.75) is 6.42 Å². The summed E-state index contributed by atoms with van der Waals surface area (Å²) in [5, 5.41) is 11.3. The van der Waals surface area contributed by atoms with Crippen LogP contribution in [0.4, 0.5) is 10.3 Å². The lowest BCUT2D eigenvalue weighted by molar-refractivity contribution is -0.115. The molecule has 1 amide bonds. The van der Waals surface area contributed by atoms with E-state index < -0.39 is 10.0 Å². The largest absolute Gasteiger partial charge is 0.300 e. The maximum atomic E-state index is 12.2. The molecule has 0 aliphatic heterocycles. The Hall–Kier alpha value is -2.59. The van der Waals surface area contributed by atoms with Gasteiger partial charge in [0.25, 0.3) is 0 Å². The Morgan fingerprint density at radius 1 is 1.17 bits per heavy atom. The van der Waals surface area contributed by atoms with E-state index in [4.69, 9.17) is 0 Å². The molecule has 124 valence electrons. The molecule has 3 rings (SSSR count). The Bertz CT molecular complexity index is 995. The van der Waals surface area contributed by atoms with Crippen LogP contribution in [0.25, 0.3) is 10.9 Å². The monoisotopic (exact) mass is 363 g/mol. The summed E-state index contributed by atoms with van der Waals surface area (Å²) in [5.41, 5.74) is 1.57. The first-order valence-electron chi connectivity index (χ1n) is 6.84. The molecule has 0 unspecified atom stereocenters. The first-order valence-corrected chi connectivity index (χ1v) is 9.55. The van der Waals surface area contributed by atoms with E-state index in [0.29, 0.717) is 0 Å². The van der Waals surface area contributed by atoms with Crippen LogP contribution in [0, 0.1) is 0 Å². The van der Waals surface area contributed by atoms with Gasteiger partial charge in [-0.25, -0.2) is 8.42 Å². The van der Waals surface area contributed by atoms with E-state index in [1.165, 1.54) is 0 Å². The number of nitrogens with one attached hydrogen (secondary N) is 2. The fourth-order valence-electron chi connectivity index (χ4n) is 2.12. The molecule has 0 bridgehead atoms. The lowest BCUT2D eigenvalue weighted by atomic mass is 10.1. The third-order valence-electron chi connectivity index (χ3n) is 3.01. The minimum atomic E-state index is -3.43. The zero-order chi connectivity index (χ0) is 17.2. The lowest BCUT2D eigenvalue weighted by Crippen LogP contribution is -2.14. The van der Waals surface area contributed by atoms with Gasteiger partial charge in [-0.15, -0.1) is 10.2 Å². The number of fused-ring (bicyclic) bond motifs is 1. The molecule has 0 saturated carbocycles. The van der Waals surface area contributed by atoms with Crippen LogP contribution >= 0.6 is 11.3 Å². The van der Waals surface area contributed by atoms with Crippen LogP contribution in [-0.2, 0) is 21.2 Å². The average Bonchev–Trinajstić information content (AvgIpc) is 2.92. The predicted octanol–water partition coefficient (Wildman–Crippen LogP) is 1.64. The number of rotatable bonds is 5. The van der Waals surface area contributed by atoms with Crippen LogP contribution in [0.2, 0.25) is 0 Å². The highest BCUT2D eigenvalue weighted by Gasteiger charge is 2.12. The van der Waals surface area contributed by atoms with Crippen LogP contribution in [0.5, 0.6) is 0 Å². The van der Waals surface area contributed by atoms with Crippen LogP contribution in [-0.4, -0.2) is 35.8 Å². The first kappa shape index (κ1) is 16.3. The molecule has 0 saturated heterocycles. The van der Waals surface area contributed by atoms with E-state index in [-0.39, 0.29) is 22.6 Å². The molecule has 1 aromatic carbocycles. The highest BCUT2D eigenvalue weighted by molar-refractivity contribution is 7.92. The van der Waals surface area contributed by atoms with Crippen LogP contribution in [0.1, 0.15) is 5.56 Å². The van der Waals surface area contributed by atoms with Crippen molar-refractivity contribution in [3.63, 3.8) is 0 Å². The second-order valence-corrected chi connectivity index (χ2v) is 7.73. The van der Waals surface area contributed by atoms with Gasteiger partial charge in [0.05, 0.1) is 18.2 Å². The number of benzene rings is 1. The van der Waals surface area contributed by atoms with Crippen molar-refractivity contribution >= 4 is 48.4 Å². The van der Waals surface area contributed by atoms with Crippen LogP contribution < -0.4 is 10.0 Å². The van der Waals surface area contributed by atoms with Gasteiger partial charge in [-0.05, 0) is 11.6 Å². The molecule has 0 radical (unpaired) electrons. The van der Waals surface area contributed by atoms with Crippen molar-refractivity contribution in [3.05, 3.63) is 42.1 Å². The van der Waals surface area contributed by atoms with Crippen molar-refractivity contribution in [2.75, 3.05) is 16.3 Å². The quantitative estimate of drug-likeness (QED) is 0.712. The molecule has 24 heavy (non-hydrogen) atoms. The maximum absolute atomic E-state index is 12.2. The number of aromatic nitrogens is 3. The Morgan fingerprint density at radius 2 is 1.92 bits per heavy atom. The predicted molar refractivity (Wildman–Crippen MR) is 92.5 cm³/mol. The van der Waals surface area contributed by atoms with Crippen molar-refractivity contribution in [2.24, 2.45) is 0 Å². The summed E-state index contributed by atoms with van der Waals surface area (Å²) in [7, 11) is -3.43. The molecular weight excluding hydrogens is 350 g/mol. The zero-order valence-corrected chi connectivity index (χ0v) is 14.2. The van der Waals surface area contributed by atoms with Gasteiger partial charge in [-0.3, -0.25) is 14.5 Å². The molecule has 0 fully saturated rings. The van der Waals surface area contributed by atoms with Crippen molar-refractivity contribution < 1.29 is 13.2 Å². The number of anilines is 2. The molecule has 2 N–H and O–H groups in total. The fraction of sp³-hybridized carbons (Fsp3) is 0.143. The number of hydrogen-bond acceptors (Lipinski definition) is 7. The summed E-state index contributed by atoms with van der Waals surface area (Å²) < 4.78 is 24.5. The third kappa shape index (κ3) is 4.03. The molecule has 2 aromatic heterocycles. The van der Waals surface area contributed by atoms with Crippen LogP contribution in [0.3, 0.4) is 0 Å². The summed E-state index contributed by atoms with van der Waals surface area (Å²) in [6.07, 6.45) is 2.82. The van der Waals surface area contributed by atoms with Crippen molar-refractivity contribution in [1.82, 2.24) is 15.2 Å². The first-order chi connectivity index (χ1) is 11.4. The van der Waals surface area contributed by atoms with E-state index in [9.17, 15) is 13.2 Å². The maximum Gasteiger partial charge on any atom is 0.231 e. The Labute approximate surface area is 142 Å². The second-order valence-electron chi connectivity index (χ2n) is 5.00. The molecule has 3 aromatic rings. The Balaban J connectivity index is 1.71. The SMILES string of the molecule is CS(=O)(=O)Nc1nnc(NC(=O)Cc2cccc3cccnc23)s1. The van der Waals surface area contributed by atoms with Crippen molar-refractivity contribution in [3.8, 4) is 0 Å². The standard InChI is InChI=1S/C14H13N5O3S2/c1-24(21,22)19-14-18-17-13(23-14)16-11(20)8-10-5-2-4-9-6-3-7-15-12(9)10/h2-7H,8H2,1H3,(H,18,19)(H,16,17,20). The van der Waals surface area contributed by atoms with E-state index in [0.717, 1.165) is 34.1 Å². The normalized spacial score (nSPS) is 11.4. The van der Waals surface area contributed by atoms with Crippen molar-refractivity contribution in [1.29, 1.82) is 0 Å². The smallest absolute Gasteiger partial charge is 0.231 e. The number of hydrogen-bond donors (Lipinski definition) is 2. The Morgan fingerprint density at radius 3 is 2.71 bits per heavy atom. The zero-order valence-electron chi connectivity index (χ0n) is 12.6. The Kier molecular flexibility index (Phi) is 4.40. The van der Waals surface area contributed by atoms with Gasteiger partial charge in [-0.2, -0.15) is 0 Å². The van der Waals surface area contributed by atoms with E-state index in [1.807, 2.05) is 30.3 Å². The van der Waals surface area contributed by atoms with Gasteiger partial charge in [0.2, 0.25) is 26.2 Å². The topological polar surface area (TPSA) is 114 Å². The van der Waals surface area contributed by atoms with Gasteiger partial charge >= 0.3 is 0 Å². The summed E-state index contributed by atoms with van der Waals surface area (Å²) in [4.78, 5) is 16.5. The lowest BCUT2D eigenvalue weighted by Gasteiger charge is -2.05. The summed E-state index contributed by atoms with van der Waals surface area (Å²) >= 11 is 0.942. The summed E-state index contributed by atoms with van der Waals surface area (Å²) in [6.45, 7) is 0. The average molecular weight is 363 g/mol. The van der Waals surface area contributed by atoms with E-state index in [2.05, 4.69) is 25.2 Å². The number of sulfonamides is 1. The molecule has 0 spiro atoms. The minimum Gasteiger partial charge on any atom is -0.300 e. The minimum absolute atomic E-state index is 0.0969. The number of amides is 1. The van der Waals surface area contributed by atoms with Gasteiger partial charge < -0.3 is 5.32 Å². The van der Waals surface area contributed by atoms with E-state index >= 15 is 0 Å². The molecule has 0 aliphatic carbocycles. The van der Waals surface area contributed by atoms with Gasteiger partial charge in [0, 0.05) is 11.6 Å². The number of pyridine rings is 1. The molecule has 0 atom stereocenters. The molecule has 10 heteroatoms. The van der Waals surface area contributed by atoms with Gasteiger partial charge in [-0.1, -0.05) is 35.6 Å². The van der Waals surface area contributed by atoms with Crippen LogP contribution in [0.15, 0.2) is 36.5 Å². The summed E-state index contributed by atoms with van der Waals surface area (Å²) in [6, 6.07) is 9.40. The third-order valence-corrected chi connectivity index (χ3v) is 4.46. The fourth-order valence-corrected chi connectivity index (χ4v) is 3.61. The molecular formula is C14H13N5O3S2.